The number of hydrogen-bond donors (Lipinski definition) is 0. The molecule has 2 rings (SSSR count). The third kappa shape index (κ3) is 3.76. The standard InChI is InChI=1S/C15H16F3NO3S/c1-3-19(9-12-6-7-22-10-12)23(20,21)13-5-4-11(2)14(8-13)15(16,17)18/h4-8,10H,3,9H2,1-2H3. The topological polar surface area (TPSA) is 50.5 Å². The largest absolute Gasteiger partial charge is 0.472 e. The van der Waals surface area contributed by atoms with Crippen molar-refractivity contribution in [1.29, 1.82) is 0 Å². The number of hydrogen-bond acceptors (Lipinski definition) is 3. The minimum absolute atomic E-state index is 0.0191. The molecular weight excluding hydrogens is 331 g/mol. The predicted molar refractivity (Wildman–Crippen MR) is 78.2 cm³/mol. The van der Waals surface area contributed by atoms with Crippen LogP contribution in [0.1, 0.15) is 23.6 Å². The molecule has 1 heterocycles. The van der Waals surface area contributed by atoms with Crippen LogP contribution >= 0.6 is 0 Å². The van der Waals surface area contributed by atoms with E-state index in [4.69, 9.17) is 4.42 Å². The molecule has 23 heavy (non-hydrogen) atoms. The first-order valence-corrected chi connectivity index (χ1v) is 8.29. The van der Waals surface area contributed by atoms with Gasteiger partial charge in [0.15, 0.2) is 0 Å². The molecule has 0 spiro atoms. The second-order valence-electron chi connectivity index (χ2n) is 5.04. The van der Waals surface area contributed by atoms with Crippen LogP contribution in [0.2, 0.25) is 0 Å². The Morgan fingerprint density at radius 3 is 2.43 bits per heavy atom. The Kier molecular flexibility index (Phi) is 4.86. The lowest BCUT2D eigenvalue weighted by Crippen LogP contribution is -2.30. The molecule has 0 unspecified atom stereocenters. The lowest BCUT2D eigenvalue weighted by molar-refractivity contribution is -0.138. The molecular formula is C15H16F3NO3S. The number of halogens is 3. The molecule has 8 heteroatoms. The summed E-state index contributed by atoms with van der Waals surface area (Å²) in [5, 5.41) is 0. The van der Waals surface area contributed by atoms with Crippen LogP contribution in [-0.2, 0) is 22.7 Å². The zero-order valence-corrected chi connectivity index (χ0v) is 13.4. The monoisotopic (exact) mass is 347 g/mol. The number of nitrogens with zero attached hydrogens (tertiary/aromatic N) is 1. The first-order chi connectivity index (χ1) is 10.7. The number of benzene rings is 1. The SMILES string of the molecule is CCN(Cc1ccoc1)S(=O)(=O)c1ccc(C)c(C(F)(F)F)c1. The van der Waals surface area contributed by atoms with Crippen LogP contribution in [0.3, 0.4) is 0 Å². The molecule has 0 radical (unpaired) electrons. The van der Waals surface area contributed by atoms with Crippen molar-refractivity contribution in [2.45, 2.75) is 31.5 Å². The molecule has 1 aromatic carbocycles. The molecule has 2 aromatic rings. The van der Waals surface area contributed by atoms with Gasteiger partial charge in [0, 0.05) is 18.7 Å². The Morgan fingerprint density at radius 2 is 1.91 bits per heavy atom. The zero-order valence-electron chi connectivity index (χ0n) is 12.6. The molecule has 0 saturated carbocycles. The first kappa shape index (κ1) is 17.6. The van der Waals surface area contributed by atoms with Crippen molar-refractivity contribution in [3.63, 3.8) is 0 Å². The zero-order chi connectivity index (χ0) is 17.3. The van der Waals surface area contributed by atoms with Crippen molar-refractivity contribution in [3.8, 4) is 0 Å². The van der Waals surface area contributed by atoms with Gasteiger partial charge in [-0.05, 0) is 30.7 Å². The van der Waals surface area contributed by atoms with Gasteiger partial charge < -0.3 is 4.42 Å². The van der Waals surface area contributed by atoms with Crippen LogP contribution in [0, 0.1) is 6.92 Å². The maximum Gasteiger partial charge on any atom is 0.416 e. The third-order valence-electron chi connectivity index (χ3n) is 3.44. The van der Waals surface area contributed by atoms with E-state index in [-0.39, 0.29) is 23.5 Å². The van der Waals surface area contributed by atoms with E-state index in [1.807, 2.05) is 0 Å². The number of sulfonamides is 1. The highest BCUT2D eigenvalue weighted by Crippen LogP contribution is 2.34. The number of rotatable bonds is 5. The summed E-state index contributed by atoms with van der Waals surface area (Å²) >= 11 is 0. The summed E-state index contributed by atoms with van der Waals surface area (Å²) in [4.78, 5) is -0.374. The van der Waals surface area contributed by atoms with Gasteiger partial charge in [0.05, 0.1) is 23.0 Å². The molecule has 0 atom stereocenters. The smallest absolute Gasteiger partial charge is 0.416 e. The van der Waals surface area contributed by atoms with E-state index in [1.165, 1.54) is 31.6 Å². The summed E-state index contributed by atoms with van der Waals surface area (Å²) in [6.07, 6.45) is -1.80. The van der Waals surface area contributed by atoms with Gasteiger partial charge in [-0.3, -0.25) is 0 Å². The van der Waals surface area contributed by atoms with Crippen molar-refractivity contribution in [3.05, 3.63) is 53.5 Å². The highest BCUT2D eigenvalue weighted by Gasteiger charge is 2.34. The van der Waals surface area contributed by atoms with E-state index in [1.54, 1.807) is 13.0 Å². The van der Waals surface area contributed by atoms with Crippen LogP contribution in [0.15, 0.2) is 46.1 Å². The minimum Gasteiger partial charge on any atom is -0.472 e. The van der Waals surface area contributed by atoms with E-state index in [0.717, 1.165) is 4.31 Å². The normalized spacial score (nSPS) is 12.8. The molecule has 0 bridgehead atoms. The summed E-state index contributed by atoms with van der Waals surface area (Å²) in [6, 6.07) is 4.65. The van der Waals surface area contributed by atoms with Crippen LogP contribution in [0.5, 0.6) is 0 Å². The van der Waals surface area contributed by atoms with Crippen LogP contribution in [0.25, 0.3) is 0 Å². The van der Waals surface area contributed by atoms with Crippen LogP contribution in [-0.4, -0.2) is 19.3 Å². The highest BCUT2D eigenvalue weighted by molar-refractivity contribution is 7.89. The fourth-order valence-corrected chi connectivity index (χ4v) is 3.63. The van der Waals surface area contributed by atoms with Gasteiger partial charge in [0.25, 0.3) is 0 Å². The molecule has 1 aromatic heterocycles. The van der Waals surface area contributed by atoms with Gasteiger partial charge in [-0.1, -0.05) is 13.0 Å². The van der Waals surface area contributed by atoms with Gasteiger partial charge in [0.1, 0.15) is 0 Å². The number of alkyl halides is 3. The third-order valence-corrected chi connectivity index (χ3v) is 5.36. The van der Waals surface area contributed by atoms with Crippen molar-refractivity contribution < 1.29 is 26.0 Å². The van der Waals surface area contributed by atoms with Crippen molar-refractivity contribution in [2.75, 3.05) is 6.54 Å². The van der Waals surface area contributed by atoms with Gasteiger partial charge >= 0.3 is 6.18 Å². The van der Waals surface area contributed by atoms with Crippen LogP contribution in [0.4, 0.5) is 13.2 Å². The average molecular weight is 347 g/mol. The summed E-state index contributed by atoms with van der Waals surface area (Å²) < 4.78 is 70.2. The predicted octanol–water partition coefficient (Wildman–Crippen LogP) is 3.82. The van der Waals surface area contributed by atoms with Crippen molar-refractivity contribution in [2.24, 2.45) is 0 Å². The highest BCUT2D eigenvalue weighted by atomic mass is 32.2. The molecule has 0 aliphatic heterocycles. The van der Waals surface area contributed by atoms with E-state index in [2.05, 4.69) is 0 Å². The Hall–Kier alpha value is -1.80. The summed E-state index contributed by atoms with van der Waals surface area (Å²) in [5.41, 5.74) is -0.342. The van der Waals surface area contributed by atoms with Gasteiger partial charge in [0.2, 0.25) is 10.0 Å². The second kappa shape index (κ2) is 6.37. The summed E-state index contributed by atoms with van der Waals surface area (Å²) in [5.74, 6) is 0. The number of furan rings is 1. The van der Waals surface area contributed by atoms with Crippen LogP contribution < -0.4 is 0 Å². The Labute approximate surface area is 132 Å². The molecule has 126 valence electrons. The maximum absolute atomic E-state index is 13.0. The van der Waals surface area contributed by atoms with Gasteiger partial charge in [-0.15, -0.1) is 0 Å². The Bertz CT molecular complexity index is 768. The molecule has 0 fully saturated rings. The number of aryl methyl sites for hydroxylation is 1. The molecule has 0 aliphatic carbocycles. The summed E-state index contributed by atoms with van der Waals surface area (Å²) in [7, 11) is -4.04. The van der Waals surface area contributed by atoms with E-state index >= 15 is 0 Å². The molecule has 0 amide bonds. The maximum atomic E-state index is 13.0. The van der Waals surface area contributed by atoms with Gasteiger partial charge in [-0.2, -0.15) is 17.5 Å². The lowest BCUT2D eigenvalue weighted by Gasteiger charge is -2.21. The van der Waals surface area contributed by atoms with Crippen molar-refractivity contribution in [1.82, 2.24) is 4.31 Å². The molecule has 0 N–H and O–H groups in total. The Morgan fingerprint density at radius 1 is 1.22 bits per heavy atom. The molecule has 0 aliphatic rings. The first-order valence-electron chi connectivity index (χ1n) is 6.85. The molecule has 0 saturated heterocycles. The lowest BCUT2D eigenvalue weighted by atomic mass is 10.1. The Balaban J connectivity index is 2.42. The van der Waals surface area contributed by atoms with E-state index in [0.29, 0.717) is 11.6 Å². The van der Waals surface area contributed by atoms with E-state index in [9.17, 15) is 21.6 Å². The van der Waals surface area contributed by atoms with Gasteiger partial charge in [-0.25, -0.2) is 8.42 Å². The average Bonchev–Trinajstić information content (AvgIpc) is 2.96. The fraction of sp³-hybridized carbons (Fsp3) is 0.333. The fourth-order valence-electron chi connectivity index (χ4n) is 2.17. The minimum atomic E-state index is -4.60. The van der Waals surface area contributed by atoms with Crippen molar-refractivity contribution >= 4 is 10.0 Å². The second-order valence-corrected chi connectivity index (χ2v) is 6.98. The summed E-state index contributed by atoms with van der Waals surface area (Å²) in [6.45, 7) is 3.08. The van der Waals surface area contributed by atoms with E-state index < -0.39 is 21.8 Å². The quantitative estimate of drug-likeness (QED) is 0.826. The molecule has 4 nitrogen and oxygen atoms in total.